The second kappa shape index (κ2) is 7.66. The molecule has 0 aromatic heterocycles. The summed E-state index contributed by atoms with van der Waals surface area (Å²) >= 11 is 0. The molecule has 1 saturated heterocycles. The van der Waals surface area contributed by atoms with Crippen molar-refractivity contribution in [3.63, 3.8) is 0 Å². The Morgan fingerprint density at radius 3 is 2.38 bits per heavy atom. The maximum atomic E-state index is 3.63. The van der Waals surface area contributed by atoms with Gasteiger partial charge >= 0.3 is 0 Å². The molecule has 1 atom stereocenters. The van der Waals surface area contributed by atoms with E-state index in [9.17, 15) is 0 Å². The van der Waals surface area contributed by atoms with Gasteiger partial charge in [0.25, 0.3) is 0 Å². The van der Waals surface area contributed by atoms with Crippen LogP contribution in [0.3, 0.4) is 0 Å². The third-order valence-electron chi connectivity index (χ3n) is 5.04. The van der Waals surface area contributed by atoms with Gasteiger partial charge in [-0.15, -0.1) is 0 Å². The molecule has 0 amide bonds. The molecule has 0 bridgehead atoms. The number of benzene rings is 1. The fourth-order valence-corrected chi connectivity index (χ4v) is 3.81. The maximum absolute atomic E-state index is 3.63. The number of hydrogen-bond donors (Lipinski definition) is 0. The maximum Gasteiger partial charge on any atom is 0.0601 e. The van der Waals surface area contributed by atoms with Gasteiger partial charge in [0.05, 0.1) is 6.54 Å². The fraction of sp³-hybridized carbons (Fsp3) is 0.600. The summed E-state index contributed by atoms with van der Waals surface area (Å²) in [4.78, 5) is 2.52. The van der Waals surface area contributed by atoms with Gasteiger partial charge in [0.1, 0.15) is 0 Å². The third kappa shape index (κ3) is 4.11. The molecule has 1 aromatic rings. The van der Waals surface area contributed by atoms with Crippen molar-refractivity contribution < 1.29 is 0 Å². The minimum absolute atomic E-state index is 0.457. The van der Waals surface area contributed by atoms with Crippen molar-refractivity contribution in [2.45, 2.75) is 50.9 Å². The first-order chi connectivity index (χ1) is 10.4. The Kier molecular flexibility index (Phi) is 5.35. The Morgan fingerprint density at radius 1 is 0.952 bits per heavy atom. The Hall–Kier alpha value is -1.26. The second-order valence-electron chi connectivity index (χ2n) is 6.59. The summed E-state index contributed by atoms with van der Waals surface area (Å²) in [6, 6.07) is 10.9. The highest BCUT2D eigenvalue weighted by atomic mass is 15.1. The van der Waals surface area contributed by atoms with Crippen molar-refractivity contribution in [2.75, 3.05) is 19.6 Å². The quantitative estimate of drug-likeness (QED) is 0.740. The van der Waals surface area contributed by atoms with Crippen LogP contribution in [0.15, 0.2) is 30.3 Å². The van der Waals surface area contributed by atoms with Crippen LogP contribution >= 0.6 is 0 Å². The van der Waals surface area contributed by atoms with Gasteiger partial charge in [-0.2, -0.15) is 0 Å². The van der Waals surface area contributed by atoms with E-state index in [0.29, 0.717) is 5.92 Å². The van der Waals surface area contributed by atoms with E-state index in [2.05, 4.69) is 47.1 Å². The molecular weight excluding hydrogens is 254 g/mol. The van der Waals surface area contributed by atoms with E-state index in [1.165, 1.54) is 63.6 Å². The topological polar surface area (TPSA) is 3.24 Å². The molecule has 1 heterocycles. The van der Waals surface area contributed by atoms with E-state index in [0.717, 1.165) is 12.5 Å². The van der Waals surface area contributed by atoms with Crippen molar-refractivity contribution >= 4 is 0 Å². The zero-order valence-corrected chi connectivity index (χ0v) is 13.1. The summed E-state index contributed by atoms with van der Waals surface area (Å²) in [7, 11) is 0. The van der Waals surface area contributed by atoms with Crippen LogP contribution in [0.25, 0.3) is 0 Å². The van der Waals surface area contributed by atoms with E-state index in [1.807, 2.05) is 0 Å². The molecule has 0 radical (unpaired) electrons. The molecule has 0 unspecified atom stereocenters. The number of likely N-dealkylation sites (tertiary alicyclic amines) is 1. The van der Waals surface area contributed by atoms with Crippen LogP contribution < -0.4 is 0 Å². The van der Waals surface area contributed by atoms with Crippen LogP contribution in [0.4, 0.5) is 0 Å². The van der Waals surface area contributed by atoms with Crippen LogP contribution in [0, 0.1) is 17.8 Å². The molecule has 21 heavy (non-hydrogen) atoms. The lowest BCUT2D eigenvalue weighted by atomic mass is 9.85. The fourth-order valence-electron chi connectivity index (χ4n) is 3.81. The summed E-state index contributed by atoms with van der Waals surface area (Å²) in [5.74, 6) is 8.38. The van der Waals surface area contributed by atoms with Crippen LogP contribution in [0.2, 0.25) is 0 Å². The standard InChI is InChI=1S/C20H27N/c1-3-10-18(11-4-1)20(19-12-5-6-13-19)14-9-17-21-15-7-2-8-16-21/h1,3-4,10-11,19-20H,2,5-8,12-13,15-17H2/t20-/m0/s1. The molecule has 1 nitrogen and oxygen atoms in total. The van der Waals surface area contributed by atoms with Crippen molar-refractivity contribution in [1.82, 2.24) is 4.90 Å². The van der Waals surface area contributed by atoms with Crippen molar-refractivity contribution in [3.05, 3.63) is 35.9 Å². The highest BCUT2D eigenvalue weighted by Crippen LogP contribution is 2.36. The van der Waals surface area contributed by atoms with Crippen LogP contribution in [0.5, 0.6) is 0 Å². The molecule has 1 aliphatic heterocycles. The smallest absolute Gasteiger partial charge is 0.0601 e. The predicted octanol–water partition coefficient (Wildman–Crippen LogP) is 4.45. The average Bonchev–Trinajstić information content (AvgIpc) is 3.07. The van der Waals surface area contributed by atoms with Crippen LogP contribution in [-0.2, 0) is 0 Å². The molecule has 2 fully saturated rings. The summed E-state index contributed by atoms with van der Waals surface area (Å²) < 4.78 is 0. The van der Waals surface area contributed by atoms with Crippen molar-refractivity contribution in [3.8, 4) is 11.8 Å². The SMILES string of the molecule is C(#C[C@@H](c1ccccc1)C1CCCC1)CN1CCCCC1. The molecule has 3 rings (SSSR count). The van der Waals surface area contributed by atoms with Crippen molar-refractivity contribution in [2.24, 2.45) is 5.92 Å². The van der Waals surface area contributed by atoms with Gasteiger partial charge in [-0.3, -0.25) is 4.90 Å². The van der Waals surface area contributed by atoms with Gasteiger partial charge in [-0.1, -0.05) is 61.4 Å². The highest BCUT2D eigenvalue weighted by molar-refractivity contribution is 5.29. The molecule has 112 valence electrons. The molecule has 1 heteroatoms. The molecular formula is C20H27N. The van der Waals surface area contributed by atoms with Gasteiger partial charge in [-0.05, 0) is 50.3 Å². The van der Waals surface area contributed by atoms with Crippen LogP contribution in [0.1, 0.15) is 56.4 Å². The molecule has 0 spiro atoms. The van der Waals surface area contributed by atoms with Crippen LogP contribution in [-0.4, -0.2) is 24.5 Å². The molecule has 0 N–H and O–H groups in total. The zero-order chi connectivity index (χ0) is 14.3. The van der Waals surface area contributed by atoms with E-state index in [-0.39, 0.29) is 0 Å². The number of rotatable bonds is 3. The summed E-state index contributed by atoms with van der Waals surface area (Å²) in [5.41, 5.74) is 1.43. The Bertz CT molecular complexity index is 470. The number of piperidine rings is 1. The average molecular weight is 281 g/mol. The first kappa shape index (κ1) is 14.7. The zero-order valence-electron chi connectivity index (χ0n) is 13.1. The lowest BCUT2D eigenvalue weighted by Gasteiger charge is -2.24. The first-order valence-corrected chi connectivity index (χ1v) is 8.69. The molecule has 1 saturated carbocycles. The molecule has 1 aromatic carbocycles. The largest absolute Gasteiger partial charge is 0.292 e. The van der Waals surface area contributed by atoms with E-state index in [1.54, 1.807) is 0 Å². The lowest BCUT2D eigenvalue weighted by molar-refractivity contribution is 0.255. The highest BCUT2D eigenvalue weighted by Gasteiger charge is 2.24. The van der Waals surface area contributed by atoms with Crippen molar-refractivity contribution in [1.29, 1.82) is 0 Å². The monoisotopic (exact) mass is 281 g/mol. The lowest BCUT2D eigenvalue weighted by Crippen LogP contribution is -2.29. The van der Waals surface area contributed by atoms with E-state index in [4.69, 9.17) is 0 Å². The predicted molar refractivity (Wildman–Crippen MR) is 89.2 cm³/mol. The Balaban J connectivity index is 1.67. The summed E-state index contributed by atoms with van der Waals surface area (Å²) in [5, 5.41) is 0. The molecule has 1 aliphatic carbocycles. The summed E-state index contributed by atoms with van der Waals surface area (Å²) in [6.07, 6.45) is 9.61. The van der Waals surface area contributed by atoms with Gasteiger partial charge in [0, 0.05) is 5.92 Å². The summed E-state index contributed by atoms with van der Waals surface area (Å²) in [6.45, 7) is 3.46. The Morgan fingerprint density at radius 2 is 1.67 bits per heavy atom. The third-order valence-corrected chi connectivity index (χ3v) is 5.04. The number of nitrogens with zero attached hydrogens (tertiary/aromatic N) is 1. The minimum atomic E-state index is 0.457. The van der Waals surface area contributed by atoms with Gasteiger partial charge in [0.2, 0.25) is 0 Å². The van der Waals surface area contributed by atoms with E-state index >= 15 is 0 Å². The normalized spacial score (nSPS) is 21.7. The van der Waals surface area contributed by atoms with Gasteiger partial charge in [-0.25, -0.2) is 0 Å². The number of hydrogen-bond acceptors (Lipinski definition) is 1. The first-order valence-electron chi connectivity index (χ1n) is 8.69. The van der Waals surface area contributed by atoms with E-state index < -0.39 is 0 Å². The van der Waals surface area contributed by atoms with Gasteiger partial charge < -0.3 is 0 Å². The Labute approximate surface area is 129 Å². The molecule has 2 aliphatic rings. The minimum Gasteiger partial charge on any atom is -0.292 e. The second-order valence-corrected chi connectivity index (χ2v) is 6.59. The van der Waals surface area contributed by atoms with Gasteiger partial charge in [0.15, 0.2) is 0 Å².